The summed E-state index contributed by atoms with van der Waals surface area (Å²) in [6, 6.07) is -1.64. The van der Waals surface area contributed by atoms with Gasteiger partial charge in [0.25, 0.3) is 0 Å². The SMILES string of the molecule is CC(C)(C)OC(=O)NCC1O[C@H](O[C@@H]2C(NC(=O)OC(C)(C)C)O[C@@H](NC(=O)OC(C)(C)C)[C@@H](O[C@H]3OC(CN=[N+]=[N-])[C@@H](O)[C@@H](NC(=O)OC(C)(C)C)C3O)C2O)C(O)[C@@H](O)[C@@H]1O. The van der Waals surface area contributed by atoms with Crippen LogP contribution in [0.4, 0.5) is 19.2 Å². The lowest BCUT2D eigenvalue weighted by Crippen LogP contribution is -2.71. The van der Waals surface area contributed by atoms with E-state index in [1.807, 2.05) is 0 Å². The summed E-state index contributed by atoms with van der Waals surface area (Å²) in [7, 11) is 0. The summed E-state index contributed by atoms with van der Waals surface area (Å²) in [5.74, 6) is 0. The quantitative estimate of drug-likeness (QED) is 0.0557. The Morgan fingerprint density at radius 3 is 1.40 bits per heavy atom. The number of nitrogens with one attached hydrogen (secondary N) is 4. The number of carbonyl (C=O) groups excluding carboxylic acids is 4. The second-order valence-corrected chi connectivity index (χ2v) is 19.0. The maximum atomic E-state index is 13.2. The standard InChI is InChI=1S/C37H65N7O19/c1-34(2,3)60-30(51)39-13-15-19(46)21(48)22(49)29(55-15)58-25-23(50)24(26(42-32(53)62-36(7,8)9)59-27(25)43-33(54)63-37(10,11)12)57-28-20(47)17(41-31(52)61-35(4,5)6)18(45)16(56-28)14-40-44-38/h15-29,45-50H,13-14H2,1-12H3,(H,39,51)(H,41,52)(H,42,53)(H,43,54)/t15?,16?,17-,18-,19-,20?,21+,22?,23?,24+,25+,26-,27?,28-,29-/m1/s1. The van der Waals surface area contributed by atoms with Crippen molar-refractivity contribution in [2.24, 2.45) is 5.11 Å². The van der Waals surface area contributed by atoms with Gasteiger partial charge in [0.15, 0.2) is 25.0 Å². The minimum absolute atomic E-state index is 0.491. The number of nitrogens with zero attached hydrogens (tertiary/aromatic N) is 3. The van der Waals surface area contributed by atoms with E-state index in [0.29, 0.717) is 0 Å². The number of amides is 4. The van der Waals surface area contributed by atoms with E-state index in [0.717, 1.165) is 0 Å². The lowest BCUT2D eigenvalue weighted by molar-refractivity contribution is -0.359. The number of rotatable bonds is 11. The molecule has 3 aliphatic heterocycles. The molecule has 3 aliphatic rings. The fourth-order valence-corrected chi connectivity index (χ4v) is 6.18. The second kappa shape index (κ2) is 21.3. The lowest BCUT2D eigenvalue weighted by Gasteiger charge is -2.49. The highest BCUT2D eigenvalue weighted by atomic mass is 16.7. The zero-order valence-corrected chi connectivity index (χ0v) is 37.4. The molecule has 26 nitrogen and oxygen atoms in total. The van der Waals surface area contributed by atoms with E-state index in [-0.39, 0.29) is 0 Å². The number of alkyl carbamates (subject to hydrolysis) is 4. The number of azide groups is 1. The molecule has 362 valence electrons. The van der Waals surface area contributed by atoms with Gasteiger partial charge in [0.2, 0.25) is 0 Å². The van der Waals surface area contributed by atoms with Gasteiger partial charge in [-0.2, -0.15) is 0 Å². The summed E-state index contributed by atoms with van der Waals surface area (Å²) >= 11 is 0. The van der Waals surface area contributed by atoms with Crippen molar-refractivity contribution in [1.29, 1.82) is 0 Å². The summed E-state index contributed by atoms with van der Waals surface area (Å²) in [5.41, 5.74) is 4.93. The van der Waals surface area contributed by atoms with E-state index in [1.54, 1.807) is 83.1 Å². The van der Waals surface area contributed by atoms with Crippen molar-refractivity contribution in [2.45, 2.75) is 198 Å². The third-order valence-electron chi connectivity index (χ3n) is 8.69. The molecule has 63 heavy (non-hydrogen) atoms. The summed E-state index contributed by atoms with van der Waals surface area (Å²) in [6.45, 7) is 17.7. The Hall–Kier alpha value is -4.05. The molecule has 3 rings (SSSR count). The van der Waals surface area contributed by atoms with Crippen LogP contribution in [0.1, 0.15) is 83.1 Å². The smallest absolute Gasteiger partial charge is 0.409 e. The summed E-state index contributed by atoms with van der Waals surface area (Å²) < 4.78 is 50.9. The molecule has 0 bridgehead atoms. The van der Waals surface area contributed by atoms with Gasteiger partial charge in [-0.25, -0.2) is 19.2 Å². The van der Waals surface area contributed by atoms with Crippen LogP contribution in [0.25, 0.3) is 10.4 Å². The maximum absolute atomic E-state index is 13.2. The van der Waals surface area contributed by atoms with Gasteiger partial charge in [-0.1, -0.05) is 5.11 Å². The number of aliphatic hydroxyl groups excluding tert-OH is 6. The number of ether oxygens (including phenoxy) is 9. The van der Waals surface area contributed by atoms with Crippen LogP contribution >= 0.6 is 0 Å². The third-order valence-corrected chi connectivity index (χ3v) is 8.69. The number of carbonyl (C=O) groups is 4. The van der Waals surface area contributed by atoms with E-state index < -0.39 is 152 Å². The molecule has 0 aromatic rings. The monoisotopic (exact) mass is 911 g/mol. The molecule has 0 aromatic carbocycles. The molecule has 0 spiro atoms. The van der Waals surface area contributed by atoms with Crippen LogP contribution < -0.4 is 21.3 Å². The van der Waals surface area contributed by atoms with Crippen molar-refractivity contribution < 1.29 is 92.4 Å². The molecule has 3 fully saturated rings. The number of hydrogen-bond acceptors (Lipinski definition) is 20. The molecule has 4 amide bonds. The molecule has 15 atom stereocenters. The Kier molecular flexibility index (Phi) is 18.0. The van der Waals surface area contributed by atoms with Crippen molar-refractivity contribution in [3.8, 4) is 0 Å². The molecule has 0 aliphatic carbocycles. The minimum Gasteiger partial charge on any atom is -0.444 e. The Labute approximate surface area is 364 Å². The average Bonchev–Trinajstić information content (AvgIpc) is 3.10. The lowest BCUT2D eigenvalue weighted by atomic mass is 9.95. The van der Waals surface area contributed by atoms with Crippen molar-refractivity contribution in [2.75, 3.05) is 13.1 Å². The molecule has 26 heteroatoms. The first-order chi connectivity index (χ1) is 28.8. The molecule has 0 radical (unpaired) electrons. The van der Waals surface area contributed by atoms with E-state index in [4.69, 9.17) is 48.2 Å². The van der Waals surface area contributed by atoms with Crippen molar-refractivity contribution >= 4 is 24.4 Å². The second-order valence-electron chi connectivity index (χ2n) is 19.0. The van der Waals surface area contributed by atoms with Crippen LogP contribution in [0.15, 0.2) is 5.11 Å². The predicted molar refractivity (Wildman–Crippen MR) is 212 cm³/mol. The van der Waals surface area contributed by atoms with Gasteiger partial charge in [0.1, 0.15) is 77.3 Å². The van der Waals surface area contributed by atoms with Crippen molar-refractivity contribution in [3.05, 3.63) is 10.4 Å². The zero-order chi connectivity index (χ0) is 48.0. The van der Waals surface area contributed by atoms with Crippen LogP contribution in [-0.4, -0.2) is 183 Å². The van der Waals surface area contributed by atoms with Gasteiger partial charge in [0.05, 0.1) is 18.7 Å². The van der Waals surface area contributed by atoms with Gasteiger partial charge in [-0.3, -0.25) is 10.6 Å². The number of hydrogen-bond donors (Lipinski definition) is 10. The van der Waals surface area contributed by atoms with E-state index >= 15 is 0 Å². The van der Waals surface area contributed by atoms with Gasteiger partial charge in [-0.15, -0.1) is 0 Å². The first kappa shape index (κ1) is 53.3. The van der Waals surface area contributed by atoms with Gasteiger partial charge >= 0.3 is 24.4 Å². The third kappa shape index (κ3) is 16.5. The van der Waals surface area contributed by atoms with E-state index in [2.05, 4.69) is 31.3 Å². The van der Waals surface area contributed by atoms with Gasteiger partial charge < -0.3 is 83.9 Å². The fourth-order valence-electron chi connectivity index (χ4n) is 6.18. The molecular weight excluding hydrogens is 846 g/mol. The summed E-state index contributed by atoms with van der Waals surface area (Å²) in [4.78, 5) is 54.3. The van der Waals surface area contributed by atoms with Crippen LogP contribution in [-0.2, 0) is 42.6 Å². The van der Waals surface area contributed by atoms with Crippen molar-refractivity contribution in [3.63, 3.8) is 0 Å². The Morgan fingerprint density at radius 1 is 0.540 bits per heavy atom. The molecule has 3 saturated heterocycles. The molecule has 10 N–H and O–H groups in total. The first-order valence-corrected chi connectivity index (χ1v) is 20.1. The average molecular weight is 912 g/mol. The van der Waals surface area contributed by atoms with Crippen LogP contribution in [0.2, 0.25) is 0 Å². The minimum atomic E-state index is -2.15. The molecule has 0 aromatic heterocycles. The Balaban J connectivity index is 2.08. The van der Waals surface area contributed by atoms with E-state index in [9.17, 15) is 49.8 Å². The van der Waals surface area contributed by atoms with Crippen molar-refractivity contribution in [1.82, 2.24) is 21.3 Å². The highest BCUT2D eigenvalue weighted by molar-refractivity contribution is 5.69. The Bertz CT molecular complexity index is 1610. The van der Waals surface area contributed by atoms with Crippen LogP contribution in [0, 0.1) is 0 Å². The highest BCUT2D eigenvalue weighted by Gasteiger charge is 2.55. The summed E-state index contributed by atoms with van der Waals surface area (Å²) in [6.07, 6.45) is -30.5. The first-order valence-electron chi connectivity index (χ1n) is 20.1. The van der Waals surface area contributed by atoms with Gasteiger partial charge in [-0.05, 0) is 88.6 Å². The van der Waals surface area contributed by atoms with Gasteiger partial charge in [0, 0.05) is 11.5 Å². The predicted octanol–water partition coefficient (Wildman–Crippen LogP) is -0.168. The normalized spacial score (nSPS) is 34.0. The molecular formula is C37H65N7O19. The topological polar surface area (TPSA) is 370 Å². The molecule has 0 saturated carbocycles. The number of aliphatic hydroxyl groups is 6. The Morgan fingerprint density at radius 2 is 0.952 bits per heavy atom. The van der Waals surface area contributed by atoms with Crippen LogP contribution in [0.3, 0.4) is 0 Å². The summed E-state index contributed by atoms with van der Waals surface area (Å²) in [5, 5.41) is 80.4. The molecule has 3 heterocycles. The zero-order valence-electron chi connectivity index (χ0n) is 37.4. The van der Waals surface area contributed by atoms with Crippen LogP contribution in [0.5, 0.6) is 0 Å². The maximum Gasteiger partial charge on any atom is 0.409 e. The molecule has 6 unspecified atom stereocenters. The fraction of sp³-hybridized carbons (Fsp3) is 0.892. The van der Waals surface area contributed by atoms with E-state index in [1.165, 1.54) is 0 Å². The largest absolute Gasteiger partial charge is 0.444 e. The highest BCUT2D eigenvalue weighted by Crippen LogP contribution is 2.33.